The number of nitrogens with two attached hydrogens (primary N) is 1. The number of amides is 2. The number of hydrogen-bond donors (Lipinski definition) is 3. The normalized spacial score (nSPS) is 12.2. The van der Waals surface area contributed by atoms with Crippen LogP contribution in [0.1, 0.15) is 20.8 Å². The molecule has 0 saturated carbocycles. The van der Waals surface area contributed by atoms with Crippen LogP contribution in [0.3, 0.4) is 0 Å². The summed E-state index contributed by atoms with van der Waals surface area (Å²) in [6.07, 6.45) is 0. The van der Waals surface area contributed by atoms with Crippen molar-refractivity contribution >= 4 is 51.9 Å². The highest BCUT2D eigenvalue weighted by Crippen LogP contribution is 2.29. The molecule has 0 aliphatic rings. The fourth-order valence-corrected chi connectivity index (χ4v) is 2.23. The van der Waals surface area contributed by atoms with E-state index in [1.54, 1.807) is 6.07 Å². The van der Waals surface area contributed by atoms with Gasteiger partial charge in [-0.25, -0.2) is 9.79 Å². The first-order valence-corrected chi connectivity index (χ1v) is 7.02. The molecule has 19 heavy (non-hydrogen) atoms. The summed E-state index contributed by atoms with van der Waals surface area (Å²) < 4.78 is 0.853. The molecule has 7 heteroatoms. The van der Waals surface area contributed by atoms with Crippen molar-refractivity contribution in [2.45, 2.75) is 26.3 Å². The third kappa shape index (κ3) is 5.65. The van der Waals surface area contributed by atoms with E-state index in [0.29, 0.717) is 10.7 Å². The minimum atomic E-state index is -0.407. The molecule has 0 aromatic heterocycles. The Kier molecular flexibility index (Phi) is 5.42. The third-order valence-corrected chi connectivity index (χ3v) is 3.08. The molecule has 0 aliphatic carbocycles. The second kappa shape index (κ2) is 6.42. The molecular weight excluding hydrogens is 379 g/mol. The Bertz CT molecular complexity index is 491. The molecule has 0 aliphatic heterocycles. The zero-order chi connectivity index (χ0) is 14.6. The number of carbonyl (C=O) groups is 1. The van der Waals surface area contributed by atoms with Crippen molar-refractivity contribution in [1.82, 2.24) is 10.6 Å². The number of carbonyl (C=O) groups excluding carboxylic acids is 1. The first-order valence-electron chi connectivity index (χ1n) is 5.56. The number of aliphatic imine (C=N–C) groups is 1. The summed E-state index contributed by atoms with van der Waals surface area (Å²) in [5, 5.41) is 5.65. The van der Waals surface area contributed by atoms with Gasteiger partial charge in [-0.15, -0.1) is 0 Å². The first-order chi connectivity index (χ1) is 8.69. The molecule has 0 radical (unpaired) electrons. The van der Waals surface area contributed by atoms with E-state index in [9.17, 15) is 4.79 Å². The predicted octanol–water partition coefficient (Wildman–Crippen LogP) is 2.99. The van der Waals surface area contributed by atoms with Crippen LogP contribution >= 0.6 is 34.2 Å². The predicted molar refractivity (Wildman–Crippen MR) is 86.9 cm³/mol. The first kappa shape index (κ1) is 16.0. The number of benzene rings is 1. The van der Waals surface area contributed by atoms with Gasteiger partial charge in [-0.1, -0.05) is 17.7 Å². The molecule has 0 spiro atoms. The Morgan fingerprint density at radius 2 is 2.05 bits per heavy atom. The standard InChI is InChI=1S/C12H16ClIN4O/c1-12(2,3)18-11(19)17-10(15)16-9-7(13)5-4-6-8(9)14/h4-6H,1-3H3,(H4,15,16,17,18,19). The lowest BCUT2D eigenvalue weighted by atomic mass is 10.1. The number of nitrogens with zero attached hydrogens (tertiary/aromatic N) is 1. The van der Waals surface area contributed by atoms with Crippen LogP contribution in [0.15, 0.2) is 23.2 Å². The SMILES string of the molecule is CC(C)(C)NC(=O)NC(N)=Nc1c(Cl)cccc1I. The summed E-state index contributed by atoms with van der Waals surface area (Å²) in [4.78, 5) is 15.7. The third-order valence-electron chi connectivity index (χ3n) is 1.90. The second-order valence-corrected chi connectivity index (χ2v) is 6.47. The van der Waals surface area contributed by atoms with Crippen molar-refractivity contribution in [1.29, 1.82) is 0 Å². The molecule has 1 aromatic rings. The van der Waals surface area contributed by atoms with Crippen LogP contribution in [-0.2, 0) is 0 Å². The number of guanidine groups is 1. The molecule has 0 heterocycles. The van der Waals surface area contributed by atoms with Crippen LogP contribution in [0.4, 0.5) is 10.5 Å². The van der Waals surface area contributed by atoms with Crippen LogP contribution in [0.2, 0.25) is 5.02 Å². The van der Waals surface area contributed by atoms with E-state index in [0.717, 1.165) is 3.57 Å². The minimum Gasteiger partial charge on any atom is -0.369 e. The van der Waals surface area contributed by atoms with Crippen molar-refractivity contribution in [3.05, 3.63) is 26.8 Å². The number of urea groups is 1. The van der Waals surface area contributed by atoms with Crippen LogP contribution in [0, 0.1) is 3.57 Å². The Balaban J connectivity index is 2.81. The van der Waals surface area contributed by atoms with Crippen molar-refractivity contribution in [2.24, 2.45) is 10.7 Å². The van der Waals surface area contributed by atoms with Crippen LogP contribution in [0.5, 0.6) is 0 Å². The van der Waals surface area contributed by atoms with Gasteiger partial charge in [-0.05, 0) is 55.5 Å². The van der Waals surface area contributed by atoms with E-state index in [1.165, 1.54) is 0 Å². The van der Waals surface area contributed by atoms with Gasteiger partial charge >= 0.3 is 6.03 Å². The van der Waals surface area contributed by atoms with Crippen LogP contribution < -0.4 is 16.4 Å². The van der Waals surface area contributed by atoms with Crippen molar-refractivity contribution < 1.29 is 4.79 Å². The van der Waals surface area contributed by atoms with E-state index in [4.69, 9.17) is 17.3 Å². The average Bonchev–Trinajstić information content (AvgIpc) is 2.20. The summed E-state index contributed by atoms with van der Waals surface area (Å²) in [5.74, 6) is -0.00670. The summed E-state index contributed by atoms with van der Waals surface area (Å²) in [5.41, 5.74) is 5.88. The number of hydrogen-bond acceptors (Lipinski definition) is 2. The molecule has 0 fully saturated rings. The maximum atomic E-state index is 11.6. The van der Waals surface area contributed by atoms with Gasteiger partial charge in [0.2, 0.25) is 5.96 Å². The van der Waals surface area contributed by atoms with Crippen LogP contribution in [-0.4, -0.2) is 17.5 Å². The molecule has 1 rings (SSSR count). The Hall–Kier alpha value is -1.02. The highest BCUT2D eigenvalue weighted by Gasteiger charge is 2.14. The van der Waals surface area contributed by atoms with Gasteiger partial charge in [0.1, 0.15) is 0 Å². The zero-order valence-electron chi connectivity index (χ0n) is 10.9. The van der Waals surface area contributed by atoms with Crippen molar-refractivity contribution in [3.63, 3.8) is 0 Å². The molecule has 0 unspecified atom stereocenters. The topological polar surface area (TPSA) is 79.5 Å². The molecule has 4 N–H and O–H groups in total. The molecule has 2 amide bonds. The highest BCUT2D eigenvalue weighted by atomic mass is 127. The maximum Gasteiger partial charge on any atom is 0.321 e. The summed E-state index contributed by atoms with van der Waals surface area (Å²) >= 11 is 8.12. The molecule has 104 valence electrons. The monoisotopic (exact) mass is 394 g/mol. The Labute approximate surface area is 131 Å². The lowest BCUT2D eigenvalue weighted by Crippen LogP contribution is -2.50. The largest absolute Gasteiger partial charge is 0.369 e. The summed E-state index contributed by atoms with van der Waals surface area (Å²) in [7, 11) is 0. The van der Waals surface area contributed by atoms with Gasteiger partial charge in [0.25, 0.3) is 0 Å². The fraction of sp³-hybridized carbons (Fsp3) is 0.333. The Morgan fingerprint density at radius 3 is 2.58 bits per heavy atom. The fourth-order valence-electron chi connectivity index (χ4n) is 1.23. The summed E-state index contributed by atoms with van der Waals surface area (Å²) in [6.45, 7) is 5.62. The van der Waals surface area contributed by atoms with Gasteiger partial charge in [-0.2, -0.15) is 0 Å². The molecular formula is C12H16ClIN4O. The van der Waals surface area contributed by atoms with Gasteiger partial charge in [0.05, 0.1) is 10.7 Å². The van der Waals surface area contributed by atoms with E-state index < -0.39 is 6.03 Å². The number of rotatable bonds is 1. The van der Waals surface area contributed by atoms with Gasteiger partial charge in [0.15, 0.2) is 0 Å². The molecule has 5 nitrogen and oxygen atoms in total. The molecule has 1 aromatic carbocycles. The zero-order valence-corrected chi connectivity index (χ0v) is 13.8. The number of nitrogens with one attached hydrogen (secondary N) is 2. The van der Waals surface area contributed by atoms with Crippen LogP contribution in [0.25, 0.3) is 0 Å². The van der Waals surface area contributed by atoms with E-state index >= 15 is 0 Å². The minimum absolute atomic E-state index is 0.00670. The molecule has 0 saturated heterocycles. The quantitative estimate of drug-likeness (QED) is 0.389. The lowest BCUT2D eigenvalue weighted by molar-refractivity contribution is 0.236. The Morgan fingerprint density at radius 1 is 1.42 bits per heavy atom. The second-order valence-electron chi connectivity index (χ2n) is 4.90. The van der Waals surface area contributed by atoms with E-state index in [2.05, 4.69) is 38.2 Å². The van der Waals surface area contributed by atoms with Gasteiger partial charge in [0, 0.05) is 9.11 Å². The molecule has 0 atom stereocenters. The van der Waals surface area contributed by atoms with E-state index in [1.807, 2.05) is 32.9 Å². The van der Waals surface area contributed by atoms with Crippen molar-refractivity contribution in [2.75, 3.05) is 0 Å². The number of halogens is 2. The van der Waals surface area contributed by atoms with Gasteiger partial charge in [-0.3, -0.25) is 5.32 Å². The average molecular weight is 395 g/mol. The summed E-state index contributed by atoms with van der Waals surface area (Å²) in [6, 6.07) is 4.98. The van der Waals surface area contributed by atoms with E-state index in [-0.39, 0.29) is 11.5 Å². The maximum absolute atomic E-state index is 11.6. The highest BCUT2D eigenvalue weighted by molar-refractivity contribution is 14.1. The van der Waals surface area contributed by atoms with Crippen molar-refractivity contribution in [3.8, 4) is 0 Å². The smallest absolute Gasteiger partial charge is 0.321 e. The lowest BCUT2D eigenvalue weighted by Gasteiger charge is -2.20. The number of para-hydroxylation sites is 1. The van der Waals surface area contributed by atoms with Gasteiger partial charge < -0.3 is 11.1 Å². The molecule has 0 bridgehead atoms.